The molecule has 0 bridgehead atoms. The van der Waals surface area contributed by atoms with E-state index in [-0.39, 0.29) is 11.7 Å². The molecule has 0 radical (unpaired) electrons. The van der Waals surface area contributed by atoms with E-state index in [9.17, 15) is 17.4 Å². The summed E-state index contributed by atoms with van der Waals surface area (Å²) in [5.74, 6) is 0.253. The number of halogens is 3. The van der Waals surface area contributed by atoms with Crippen molar-refractivity contribution in [3.63, 3.8) is 0 Å². The molecule has 0 spiro atoms. The number of aromatic nitrogens is 2. The van der Waals surface area contributed by atoms with E-state index in [1.165, 1.54) is 18.2 Å². The lowest BCUT2D eigenvalue weighted by Crippen LogP contribution is -2.22. The first-order valence-corrected chi connectivity index (χ1v) is 11.2. The van der Waals surface area contributed by atoms with Crippen LogP contribution in [-0.2, 0) is 15.1 Å². The van der Waals surface area contributed by atoms with Gasteiger partial charge in [-0.05, 0) is 50.5 Å². The zero-order valence-electron chi connectivity index (χ0n) is 18.7. The molecule has 0 unspecified atom stereocenters. The number of hydrogen-bond acceptors (Lipinski definition) is 10. The maximum absolute atomic E-state index is 12.6. The molecule has 0 saturated carbocycles. The van der Waals surface area contributed by atoms with Gasteiger partial charge in [0.25, 0.3) is 0 Å². The average molecular weight is 511 g/mol. The Morgan fingerprint density at radius 1 is 1.09 bits per heavy atom. The highest BCUT2D eigenvalue weighted by molar-refractivity contribution is 7.68. The average Bonchev–Trinajstić information content (AvgIpc) is 2.77. The summed E-state index contributed by atoms with van der Waals surface area (Å²) in [5.41, 5.74) is 7.55. The molecular weight excluding hydrogens is 487 g/mol. The van der Waals surface area contributed by atoms with Crippen molar-refractivity contribution in [1.82, 2.24) is 14.9 Å². The van der Waals surface area contributed by atoms with Crippen LogP contribution in [0.1, 0.15) is 0 Å². The van der Waals surface area contributed by atoms with Crippen molar-refractivity contribution >= 4 is 34.0 Å². The maximum atomic E-state index is 12.6. The molecule has 10 nitrogen and oxygen atoms in total. The van der Waals surface area contributed by atoms with Crippen LogP contribution in [0.5, 0.6) is 5.75 Å². The molecular formula is C21H23F3N7O3S-. The van der Waals surface area contributed by atoms with Gasteiger partial charge in [-0.3, -0.25) is 10.9 Å². The van der Waals surface area contributed by atoms with Gasteiger partial charge in [0.15, 0.2) is 5.82 Å². The normalized spacial score (nSPS) is 12.4. The predicted molar refractivity (Wildman–Crippen MR) is 128 cm³/mol. The lowest BCUT2D eigenvalue weighted by Gasteiger charge is -2.15. The smallest absolute Gasteiger partial charge is 0.454 e. The molecule has 2 aromatic carbocycles. The van der Waals surface area contributed by atoms with Gasteiger partial charge in [-0.25, -0.2) is 4.98 Å². The van der Waals surface area contributed by atoms with Crippen LogP contribution in [0, 0.1) is 0 Å². The Morgan fingerprint density at radius 2 is 1.83 bits per heavy atom. The van der Waals surface area contributed by atoms with Crippen LogP contribution in [0.2, 0.25) is 0 Å². The predicted octanol–water partition coefficient (Wildman–Crippen LogP) is 4.71. The second kappa shape index (κ2) is 11.7. The number of alkyl halides is 3. The van der Waals surface area contributed by atoms with Gasteiger partial charge in [0.05, 0.1) is 11.4 Å². The first kappa shape index (κ1) is 26.0. The van der Waals surface area contributed by atoms with E-state index in [0.717, 1.165) is 0 Å². The van der Waals surface area contributed by atoms with Crippen molar-refractivity contribution in [3.05, 3.63) is 54.6 Å². The van der Waals surface area contributed by atoms with E-state index >= 15 is 0 Å². The van der Waals surface area contributed by atoms with Gasteiger partial charge in [-0.15, -0.1) is 13.2 Å². The molecule has 35 heavy (non-hydrogen) atoms. The molecule has 0 aliphatic heterocycles. The molecule has 3 rings (SSSR count). The number of nitrogens with zero attached hydrogens (tertiary/aromatic N) is 4. The highest BCUT2D eigenvalue weighted by atomic mass is 32.2. The summed E-state index contributed by atoms with van der Waals surface area (Å²) >= 11 is 0. The third-order valence-electron chi connectivity index (χ3n) is 4.32. The monoisotopic (exact) mass is 510 g/mol. The topological polar surface area (TPSA) is 124 Å². The molecule has 0 saturated heterocycles. The van der Waals surface area contributed by atoms with Crippen molar-refractivity contribution in [3.8, 4) is 17.0 Å². The second-order valence-corrected chi connectivity index (χ2v) is 8.03. The fourth-order valence-corrected chi connectivity index (χ4v) is 3.12. The number of rotatable bonds is 10. The molecule has 3 aromatic rings. The van der Waals surface area contributed by atoms with Gasteiger partial charge in [-0.1, -0.05) is 23.0 Å². The Bertz CT molecular complexity index is 1220. The Labute approximate surface area is 201 Å². The molecule has 188 valence electrons. The van der Waals surface area contributed by atoms with Crippen molar-refractivity contribution < 1.29 is 26.7 Å². The number of benzene rings is 2. The van der Waals surface area contributed by atoms with Gasteiger partial charge < -0.3 is 28.1 Å². The minimum absolute atomic E-state index is 0.273. The summed E-state index contributed by atoms with van der Waals surface area (Å²) in [7, 11) is 1.53. The Morgan fingerprint density at radius 3 is 2.49 bits per heavy atom. The summed E-state index contributed by atoms with van der Waals surface area (Å²) < 4.78 is 65.1. The molecule has 0 atom stereocenters. The molecule has 4 N–H and O–H groups in total. The fourth-order valence-electron chi connectivity index (χ4n) is 2.81. The zero-order valence-corrected chi connectivity index (χ0v) is 19.5. The largest absolute Gasteiger partial charge is 0.573 e. The number of ether oxygens (including phenoxy) is 1. The SMILES string of the molecule is CN(C)CCNc1nc(NNc2ccc(N=[S-](=O)O)cc2)cc(-c2cccc(OC(F)(F)F)c2)n1. The standard InChI is InChI=1S/C21H23F3N7O3S/c1-31(2)11-10-25-20-26-18(14-4-3-5-17(12-14)34-21(22,23)24)13-19(27-20)29-28-15-6-8-16(9-7-15)30-35(32)33/h3-9,12-13,28H,10-11H2,1-2H3,(H,30,32,33)(H2,25,26,27,29)/q-1. The summed E-state index contributed by atoms with van der Waals surface area (Å²) in [4.78, 5) is 10.8. The van der Waals surface area contributed by atoms with Gasteiger partial charge in [0, 0.05) is 30.4 Å². The number of likely N-dealkylation sites (N-methyl/N-ethyl adjacent to an activating group) is 1. The number of anilines is 3. The summed E-state index contributed by atoms with van der Waals surface area (Å²) in [5, 5.41) is 3.10. The van der Waals surface area contributed by atoms with E-state index < -0.39 is 17.2 Å². The van der Waals surface area contributed by atoms with Crippen LogP contribution >= 0.6 is 0 Å². The van der Waals surface area contributed by atoms with E-state index in [0.29, 0.717) is 41.5 Å². The highest BCUT2D eigenvalue weighted by Gasteiger charge is 2.31. The molecule has 14 heteroatoms. The fraction of sp³-hybridized carbons (Fsp3) is 0.238. The van der Waals surface area contributed by atoms with Crippen LogP contribution in [-0.4, -0.2) is 53.0 Å². The quantitative estimate of drug-likeness (QED) is 0.174. The lowest BCUT2D eigenvalue weighted by atomic mass is 10.1. The van der Waals surface area contributed by atoms with Gasteiger partial charge in [-0.2, -0.15) is 4.98 Å². The third-order valence-corrected chi connectivity index (χ3v) is 4.68. The van der Waals surface area contributed by atoms with E-state index in [2.05, 4.69) is 35.2 Å². The zero-order chi connectivity index (χ0) is 25.4. The van der Waals surface area contributed by atoms with Crippen LogP contribution in [0.4, 0.5) is 36.3 Å². The van der Waals surface area contributed by atoms with Gasteiger partial charge in [0.2, 0.25) is 5.95 Å². The Hall–Kier alpha value is -3.62. The number of nitrogens with one attached hydrogen (secondary N) is 3. The van der Waals surface area contributed by atoms with Crippen LogP contribution in [0.25, 0.3) is 11.3 Å². The maximum Gasteiger partial charge on any atom is 0.573 e. The number of hydrogen-bond donors (Lipinski definition) is 4. The molecule has 1 heterocycles. The molecule has 0 aliphatic carbocycles. The highest BCUT2D eigenvalue weighted by Crippen LogP contribution is 2.28. The minimum atomic E-state index is -4.81. The van der Waals surface area contributed by atoms with Crippen LogP contribution in [0.3, 0.4) is 0 Å². The second-order valence-electron chi connectivity index (χ2n) is 7.39. The van der Waals surface area contributed by atoms with Crippen LogP contribution < -0.4 is 20.9 Å². The Kier molecular flexibility index (Phi) is 8.68. The summed E-state index contributed by atoms with van der Waals surface area (Å²) in [6, 6.07) is 13.4. The molecule has 0 amide bonds. The van der Waals surface area contributed by atoms with Gasteiger partial charge >= 0.3 is 6.36 Å². The minimum Gasteiger partial charge on any atom is -0.454 e. The van der Waals surface area contributed by atoms with Crippen molar-refractivity contribution in [1.29, 1.82) is 0 Å². The molecule has 1 aromatic heterocycles. The Balaban J connectivity index is 1.84. The number of hydrazine groups is 1. The van der Waals surface area contributed by atoms with Crippen molar-refractivity contribution in [2.24, 2.45) is 4.36 Å². The first-order chi connectivity index (χ1) is 16.6. The van der Waals surface area contributed by atoms with Crippen molar-refractivity contribution in [2.45, 2.75) is 6.36 Å². The van der Waals surface area contributed by atoms with E-state index in [4.69, 9.17) is 4.55 Å². The summed E-state index contributed by atoms with van der Waals surface area (Å²) in [6.45, 7) is 1.25. The first-order valence-electron chi connectivity index (χ1n) is 10.2. The van der Waals surface area contributed by atoms with E-state index in [1.54, 1.807) is 36.4 Å². The molecule has 0 aliphatic rings. The van der Waals surface area contributed by atoms with E-state index in [1.807, 2.05) is 19.0 Å². The van der Waals surface area contributed by atoms with Crippen LogP contribution in [0.15, 0.2) is 59.0 Å². The van der Waals surface area contributed by atoms with Gasteiger partial charge in [0.1, 0.15) is 5.75 Å². The lowest BCUT2D eigenvalue weighted by molar-refractivity contribution is -0.274. The molecule has 0 fully saturated rings. The third kappa shape index (κ3) is 8.92. The summed E-state index contributed by atoms with van der Waals surface area (Å²) in [6.07, 6.45) is -4.81. The van der Waals surface area contributed by atoms with Crippen molar-refractivity contribution in [2.75, 3.05) is 43.4 Å².